The van der Waals surface area contributed by atoms with E-state index >= 15 is 0 Å². The van der Waals surface area contributed by atoms with E-state index < -0.39 is 5.60 Å². The van der Waals surface area contributed by atoms with Gasteiger partial charge < -0.3 is 4.74 Å². The molecule has 0 saturated heterocycles. The van der Waals surface area contributed by atoms with E-state index in [1.165, 1.54) is 5.56 Å². The van der Waals surface area contributed by atoms with Crippen molar-refractivity contribution in [2.75, 3.05) is 4.90 Å². The zero-order valence-electron chi connectivity index (χ0n) is 13.7. The highest BCUT2D eigenvalue weighted by Gasteiger charge is 2.41. The quantitative estimate of drug-likeness (QED) is 0.618. The van der Waals surface area contributed by atoms with Crippen molar-refractivity contribution < 1.29 is 9.53 Å². The summed E-state index contributed by atoms with van der Waals surface area (Å²) >= 11 is 3.52. The van der Waals surface area contributed by atoms with Crippen LogP contribution in [0.25, 0.3) is 0 Å². The molecule has 4 heteroatoms. The van der Waals surface area contributed by atoms with Gasteiger partial charge in [0.1, 0.15) is 5.60 Å². The lowest BCUT2D eigenvalue weighted by molar-refractivity contribution is 0.0535. The summed E-state index contributed by atoms with van der Waals surface area (Å²) in [5.41, 5.74) is 1.39. The molecule has 1 aliphatic rings. The number of carbonyl (C=O) groups excluding carboxylic acids is 1. The largest absolute Gasteiger partial charge is 0.443 e. The van der Waals surface area contributed by atoms with E-state index in [-0.39, 0.29) is 11.6 Å². The van der Waals surface area contributed by atoms with Crippen LogP contribution in [0.1, 0.15) is 59.4 Å². The third-order valence-corrected chi connectivity index (χ3v) is 4.24. The van der Waals surface area contributed by atoms with Gasteiger partial charge in [0.05, 0.1) is 5.69 Å². The van der Waals surface area contributed by atoms with Gasteiger partial charge in [-0.15, -0.1) is 0 Å². The zero-order chi connectivity index (χ0) is 16.0. The third-order valence-electron chi connectivity index (χ3n) is 3.75. The van der Waals surface area contributed by atoms with Crippen LogP contribution in [0.4, 0.5) is 10.5 Å². The number of fused-ring (bicyclic) bond motifs is 1. The Hall–Kier alpha value is -1.03. The minimum atomic E-state index is -0.494. The first-order valence-electron chi connectivity index (χ1n) is 7.34. The van der Waals surface area contributed by atoms with Crippen LogP contribution >= 0.6 is 15.9 Å². The Kier molecular flexibility index (Phi) is 4.13. The van der Waals surface area contributed by atoms with Crippen molar-refractivity contribution in [3.63, 3.8) is 0 Å². The fourth-order valence-corrected chi connectivity index (χ4v) is 3.43. The van der Waals surface area contributed by atoms with Crippen LogP contribution < -0.4 is 4.90 Å². The lowest BCUT2D eigenvalue weighted by Crippen LogP contribution is -2.53. The molecule has 0 fully saturated rings. The van der Waals surface area contributed by atoms with Crippen molar-refractivity contribution in [1.29, 1.82) is 0 Å². The van der Waals surface area contributed by atoms with Gasteiger partial charge in [0, 0.05) is 10.0 Å². The van der Waals surface area contributed by atoms with Gasteiger partial charge >= 0.3 is 6.09 Å². The van der Waals surface area contributed by atoms with Crippen molar-refractivity contribution >= 4 is 27.7 Å². The Bertz CT molecular complexity index is 560. The monoisotopic (exact) mass is 353 g/mol. The first-order valence-corrected chi connectivity index (χ1v) is 8.13. The molecular formula is C17H24BrNO2. The number of rotatable bonds is 0. The zero-order valence-corrected chi connectivity index (χ0v) is 15.2. The van der Waals surface area contributed by atoms with Gasteiger partial charge in [0.25, 0.3) is 0 Å². The number of anilines is 1. The molecule has 0 bridgehead atoms. The van der Waals surface area contributed by atoms with Crippen LogP contribution in [0.15, 0.2) is 22.7 Å². The van der Waals surface area contributed by atoms with Gasteiger partial charge in [0.15, 0.2) is 0 Å². The van der Waals surface area contributed by atoms with Crippen LogP contribution in [0.3, 0.4) is 0 Å². The molecule has 0 spiro atoms. The SMILES string of the molecule is CC1CC(C)(C)N(C(=O)OC(C)(C)C)c2ccc(Br)cc21. The van der Waals surface area contributed by atoms with Gasteiger partial charge in [-0.2, -0.15) is 0 Å². The Morgan fingerprint density at radius 3 is 2.57 bits per heavy atom. The van der Waals surface area contributed by atoms with Gasteiger partial charge in [-0.05, 0) is 70.7 Å². The molecule has 0 radical (unpaired) electrons. The molecule has 2 rings (SSSR count). The summed E-state index contributed by atoms with van der Waals surface area (Å²) in [4.78, 5) is 14.5. The number of nitrogens with zero attached hydrogens (tertiary/aromatic N) is 1. The van der Waals surface area contributed by atoms with E-state index in [0.717, 1.165) is 16.6 Å². The minimum absolute atomic E-state index is 0.261. The maximum absolute atomic E-state index is 12.7. The Morgan fingerprint density at radius 1 is 1.38 bits per heavy atom. The van der Waals surface area contributed by atoms with E-state index in [9.17, 15) is 4.79 Å². The van der Waals surface area contributed by atoms with Crippen molar-refractivity contribution in [3.05, 3.63) is 28.2 Å². The second kappa shape index (κ2) is 5.31. The number of carbonyl (C=O) groups is 1. The van der Waals surface area contributed by atoms with Crippen LogP contribution in [-0.2, 0) is 4.74 Å². The summed E-state index contributed by atoms with van der Waals surface area (Å²) in [5.74, 6) is 0.409. The fourth-order valence-electron chi connectivity index (χ4n) is 3.05. The second-order valence-corrected chi connectivity index (χ2v) is 8.35. The summed E-state index contributed by atoms with van der Waals surface area (Å²) in [6.07, 6.45) is 0.637. The first-order chi connectivity index (χ1) is 9.51. The number of ether oxygens (including phenoxy) is 1. The maximum Gasteiger partial charge on any atom is 0.415 e. The van der Waals surface area contributed by atoms with E-state index in [1.807, 2.05) is 32.9 Å². The highest BCUT2D eigenvalue weighted by molar-refractivity contribution is 9.10. The van der Waals surface area contributed by atoms with Gasteiger partial charge in [-0.1, -0.05) is 22.9 Å². The molecule has 1 aromatic carbocycles. The number of benzene rings is 1. The Balaban J connectivity index is 2.48. The number of amides is 1. The fraction of sp³-hybridized carbons (Fsp3) is 0.588. The minimum Gasteiger partial charge on any atom is -0.443 e. The van der Waals surface area contributed by atoms with Crippen LogP contribution in [0.5, 0.6) is 0 Å². The molecule has 0 saturated carbocycles. The summed E-state index contributed by atoms with van der Waals surface area (Å²) < 4.78 is 6.65. The number of hydrogen-bond acceptors (Lipinski definition) is 2. The lowest BCUT2D eigenvalue weighted by atomic mass is 9.80. The van der Waals surface area contributed by atoms with E-state index in [0.29, 0.717) is 5.92 Å². The van der Waals surface area contributed by atoms with Crippen molar-refractivity contribution in [3.8, 4) is 0 Å². The number of hydrogen-bond donors (Lipinski definition) is 0. The van der Waals surface area contributed by atoms with Gasteiger partial charge in [-0.3, -0.25) is 4.90 Å². The van der Waals surface area contributed by atoms with Gasteiger partial charge in [0.2, 0.25) is 0 Å². The van der Waals surface area contributed by atoms with Crippen LogP contribution in [-0.4, -0.2) is 17.2 Å². The Morgan fingerprint density at radius 2 is 2.00 bits per heavy atom. The molecule has 1 aliphatic heterocycles. The van der Waals surface area contributed by atoms with Crippen molar-refractivity contribution in [2.24, 2.45) is 0 Å². The summed E-state index contributed by atoms with van der Waals surface area (Å²) in [5, 5.41) is 0. The summed E-state index contributed by atoms with van der Waals surface area (Å²) in [6, 6.07) is 6.08. The standard InChI is InChI=1S/C17H24BrNO2/c1-11-10-17(5,6)19(15(20)21-16(2,3)4)14-8-7-12(18)9-13(11)14/h7-9,11H,10H2,1-6H3. The molecule has 1 amide bonds. The van der Waals surface area contributed by atoms with Crippen LogP contribution in [0, 0.1) is 0 Å². The van der Waals surface area contributed by atoms with E-state index in [2.05, 4.69) is 42.8 Å². The van der Waals surface area contributed by atoms with E-state index in [1.54, 1.807) is 4.90 Å². The number of halogens is 1. The maximum atomic E-state index is 12.7. The molecule has 0 aromatic heterocycles. The van der Waals surface area contributed by atoms with Crippen LogP contribution in [0.2, 0.25) is 0 Å². The molecule has 1 atom stereocenters. The highest BCUT2D eigenvalue weighted by Crippen LogP contribution is 2.44. The molecule has 3 nitrogen and oxygen atoms in total. The molecule has 1 aromatic rings. The molecule has 0 N–H and O–H groups in total. The molecule has 21 heavy (non-hydrogen) atoms. The highest BCUT2D eigenvalue weighted by atomic mass is 79.9. The third kappa shape index (κ3) is 3.42. The first kappa shape index (κ1) is 16.3. The molecule has 0 aliphatic carbocycles. The van der Waals surface area contributed by atoms with Crippen molar-refractivity contribution in [1.82, 2.24) is 0 Å². The normalized spacial score (nSPS) is 20.9. The lowest BCUT2D eigenvalue weighted by Gasteiger charge is -2.45. The average Bonchev–Trinajstić information content (AvgIpc) is 2.26. The van der Waals surface area contributed by atoms with Crippen molar-refractivity contribution in [2.45, 2.75) is 65.0 Å². The molecule has 1 unspecified atom stereocenters. The predicted molar refractivity (Wildman–Crippen MR) is 90.0 cm³/mol. The molecule has 116 valence electrons. The summed E-state index contributed by atoms with van der Waals surface area (Å²) in [7, 11) is 0. The van der Waals surface area contributed by atoms with Gasteiger partial charge in [-0.25, -0.2) is 4.79 Å². The molecule has 1 heterocycles. The molecular weight excluding hydrogens is 330 g/mol. The van der Waals surface area contributed by atoms with E-state index in [4.69, 9.17) is 4.74 Å². The topological polar surface area (TPSA) is 29.5 Å². The second-order valence-electron chi connectivity index (χ2n) is 7.44. The smallest absolute Gasteiger partial charge is 0.415 e. The summed E-state index contributed by atoms with van der Waals surface area (Å²) in [6.45, 7) is 12.1. The average molecular weight is 354 g/mol. The Labute approximate surface area is 135 Å². The predicted octanol–water partition coefficient (Wildman–Crippen LogP) is 5.48.